The van der Waals surface area contributed by atoms with Crippen LogP contribution in [0.4, 0.5) is 0 Å². The maximum atomic E-state index is 11.2. The highest BCUT2D eigenvalue weighted by molar-refractivity contribution is 5.75. The number of rotatable bonds is 10. The Kier molecular flexibility index (Phi) is 11.0. The summed E-state index contributed by atoms with van der Waals surface area (Å²) in [7, 11) is 0. The molecule has 1 amide bonds. The van der Waals surface area contributed by atoms with E-state index in [-0.39, 0.29) is 5.91 Å². The number of carbonyl (C=O) groups is 1. The summed E-state index contributed by atoms with van der Waals surface area (Å²) in [6.45, 7) is 3.68. The molecule has 0 heterocycles. The van der Waals surface area contributed by atoms with Crippen LogP contribution in [0.15, 0.2) is 0 Å². The maximum Gasteiger partial charge on any atom is 0.234 e. The van der Waals surface area contributed by atoms with E-state index in [1.54, 1.807) is 0 Å². The molecule has 90 valence electrons. The molecule has 0 aromatic carbocycles. The molecule has 4 heteroatoms. The Morgan fingerprint density at radius 2 is 1.80 bits per heavy atom. The summed E-state index contributed by atoms with van der Waals surface area (Å²) < 4.78 is 0. The van der Waals surface area contributed by atoms with Gasteiger partial charge >= 0.3 is 0 Å². The lowest BCUT2D eigenvalue weighted by molar-refractivity contribution is -0.122. The molecule has 4 N–H and O–H groups in total. The molecule has 0 radical (unpaired) electrons. The number of amides is 1. The van der Waals surface area contributed by atoms with E-state index in [1.165, 1.54) is 12.8 Å². The molecule has 0 saturated heterocycles. The van der Waals surface area contributed by atoms with Crippen molar-refractivity contribution in [1.82, 2.24) is 10.9 Å². The van der Waals surface area contributed by atoms with Gasteiger partial charge in [0.15, 0.2) is 0 Å². The Morgan fingerprint density at radius 1 is 1.13 bits per heavy atom. The van der Waals surface area contributed by atoms with Gasteiger partial charge in [-0.25, -0.2) is 5.43 Å². The predicted molar refractivity (Wildman–Crippen MR) is 63.2 cm³/mol. The Bertz CT molecular complexity index is 151. The van der Waals surface area contributed by atoms with Crippen molar-refractivity contribution >= 4 is 5.91 Å². The van der Waals surface area contributed by atoms with Gasteiger partial charge in [0, 0.05) is 13.0 Å². The molecule has 0 aliphatic heterocycles. The smallest absolute Gasteiger partial charge is 0.234 e. The average molecular weight is 215 g/mol. The van der Waals surface area contributed by atoms with Crippen LogP contribution in [-0.2, 0) is 4.79 Å². The van der Waals surface area contributed by atoms with Crippen LogP contribution in [0.25, 0.3) is 0 Å². The Labute approximate surface area is 93.0 Å². The highest BCUT2D eigenvalue weighted by Gasteiger charge is 1.99. The number of unbranched alkanes of at least 4 members (excludes halogenated alkanes) is 4. The SMILES string of the molecule is CCCNNC(=O)CCCCCCCN. The fourth-order valence-electron chi connectivity index (χ4n) is 1.31. The largest absolute Gasteiger partial charge is 0.330 e. The zero-order valence-electron chi connectivity index (χ0n) is 9.85. The first kappa shape index (κ1) is 14.4. The lowest BCUT2D eigenvalue weighted by Crippen LogP contribution is -2.37. The second-order valence-electron chi connectivity index (χ2n) is 3.78. The first-order chi connectivity index (χ1) is 7.31. The van der Waals surface area contributed by atoms with Gasteiger partial charge in [-0.2, -0.15) is 0 Å². The molecule has 0 bridgehead atoms. The van der Waals surface area contributed by atoms with Gasteiger partial charge in [-0.05, 0) is 25.8 Å². The summed E-state index contributed by atoms with van der Waals surface area (Å²) in [6.07, 6.45) is 7.23. The molecule has 0 aromatic rings. The van der Waals surface area contributed by atoms with Crippen molar-refractivity contribution in [3.05, 3.63) is 0 Å². The molecule has 0 fully saturated rings. The molecule has 0 unspecified atom stereocenters. The highest BCUT2D eigenvalue weighted by Crippen LogP contribution is 2.04. The molecule has 0 saturated carbocycles. The minimum atomic E-state index is 0.0993. The van der Waals surface area contributed by atoms with Gasteiger partial charge in [0.2, 0.25) is 5.91 Å². The van der Waals surface area contributed by atoms with E-state index >= 15 is 0 Å². The summed E-state index contributed by atoms with van der Waals surface area (Å²) in [5.74, 6) is 0.0993. The Hall–Kier alpha value is -0.610. The van der Waals surface area contributed by atoms with Crippen LogP contribution < -0.4 is 16.6 Å². The van der Waals surface area contributed by atoms with Gasteiger partial charge in [0.05, 0.1) is 0 Å². The van der Waals surface area contributed by atoms with Crippen LogP contribution in [-0.4, -0.2) is 19.0 Å². The normalized spacial score (nSPS) is 10.3. The van der Waals surface area contributed by atoms with Crippen molar-refractivity contribution in [2.45, 2.75) is 51.9 Å². The number of hydrogen-bond acceptors (Lipinski definition) is 3. The van der Waals surface area contributed by atoms with Crippen LogP contribution >= 0.6 is 0 Å². The van der Waals surface area contributed by atoms with Gasteiger partial charge in [0.1, 0.15) is 0 Å². The molecule has 0 atom stereocenters. The molecule has 0 aliphatic carbocycles. The zero-order valence-corrected chi connectivity index (χ0v) is 9.85. The minimum absolute atomic E-state index is 0.0993. The third-order valence-electron chi connectivity index (χ3n) is 2.21. The maximum absolute atomic E-state index is 11.2. The quantitative estimate of drug-likeness (QED) is 0.380. The second-order valence-corrected chi connectivity index (χ2v) is 3.78. The first-order valence-corrected chi connectivity index (χ1v) is 6.03. The number of nitrogens with one attached hydrogen (secondary N) is 2. The molecule has 0 aromatic heterocycles. The van der Waals surface area contributed by atoms with Crippen LogP contribution in [0, 0.1) is 0 Å². The van der Waals surface area contributed by atoms with E-state index in [1.807, 2.05) is 0 Å². The van der Waals surface area contributed by atoms with Crippen molar-refractivity contribution in [3.8, 4) is 0 Å². The zero-order chi connectivity index (χ0) is 11.4. The van der Waals surface area contributed by atoms with Crippen molar-refractivity contribution in [2.24, 2.45) is 5.73 Å². The number of hydrogen-bond donors (Lipinski definition) is 3. The Morgan fingerprint density at radius 3 is 2.47 bits per heavy atom. The highest BCUT2D eigenvalue weighted by atomic mass is 16.2. The molecular formula is C11H25N3O. The van der Waals surface area contributed by atoms with Gasteiger partial charge < -0.3 is 5.73 Å². The van der Waals surface area contributed by atoms with E-state index in [9.17, 15) is 4.79 Å². The van der Waals surface area contributed by atoms with Crippen LogP contribution in [0.2, 0.25) is 0 Å². The van der Waals surface area contributed by atoms with Crippen LogP contribution in [0.1, 0.15) is 51.9 Å². The van der Waals surface area contributed by atoms with Gasteiger partial charge in [0.25, 0.3) is 0 Å². The topological polar surface area (TPSA) is 67.1 Å². The van der Waals surface area contributed by atoms with Crippen molar-refractivity contribution in [1.29, 1.82) is 0 Å². The molecule has 0 spiro atoms. The van der Waals surface area contributed by atoms with E-state index in [4.69, 9.17) is 5.73 Å². The van der Waals surface area contributed by atoms with Crippen molar-refractivity contribution in [3.63, 3.8) is 0 Å². The van der Waals surface area contributed by atoms with Crippen molar-refractivity contribution < 1.29 is 4.79 Å². The number of hydrazine groups is 1. The van der Waals surface area contributed by atoms with Crippen LogP contribution in [0.5, 0.6) is 0 Å². The lowest BCUT2D eigenvalue weighted by Gasteiger charge is -2.05. The van der Waals surface area contributed by atoms with Gasteiger partial charge in [-0.3, -0.25) is 10.2 Å². The third kappa shape index (κ3) is 11.3. The third-order valence-corrected chi connectivity index (χ3v) is 2.21. The number of nitrogens with two attached hydrogens (primary N) is 1. The molecule has 15 heavy (non-hydrogen) atoms. The van der Waals surface area contributed by atoms with E-state index < -0.39 is 0 Å². The average Bonchev–Trinajstić information content (AvgIpc) is 2.23. The molecule has 0 rings (SSSR count). The first-order valence-electron chi connectivity index (χ1n) is 6.03. The summed E-state index contributed by atoms with van der Waals surface area (Å²) in [6, 6.07) is 0. The van der Waals surface area contributed by atoms with Crippen molar-refractivity contribution in [2.75, 3.05) is 13.1 Å². The van der Waals surface area contributed by atoms with Gasteiger partial charge in [-0.1, -0.05) is 26.2 Å². The lowest BCUT2D eigenvalue weighted by atomic mass is 10.1. The van der Waals surface area contributed by atoms with E-state index in [2.05, 4.69) is 17.8 Å². The fraction of sp³-hybridized carbons (Fsp3) is 0.909. The fourth-order valence-corrected chi connectivity index (χ4v) is 1.31. The molecular weight excluding hydrogens is 190 g/mol. The Balaban J connectivity index is 3.10. The van der Waals surface area contributed by atoms with E-state index in [0.29, 0.717) is 6.42 Å². The second kappa shape index (κ2) is 11.5. The predicted octanol–water partition coefficient (Wildman–Crippen LogP) is 1.32. The standard InChI is InChI=1S/C11H25N3O/c1-2-10-13-14-11(15)8-6-4-3-5-7-9-12/h13H,2-10,12H2,1H3,(H,14,15). The number of carbonyl (C=O) groups excluding carboxylic acids is 1. The summed E-state index contributed by atoms with van der Waals surface area (Å²) >= 11 is 0. The summed E-state index contributed by atoms with van der Waals surface area (Å²) in [5, 5.41) is 0. The molecule has 0 aliphatic rings. The molecule has 4 nitrogen and oxygen atoms in total. The van der Waals surface area contributed by atoms with E-state index in [0.717, 1.165) is 38.8 Å². The minimum Gasteiger partial charge on any atom is -0.330 e. The summed E-state index contributed by atoms with van der Waals surface area (Å²) in [5.41, 5.74) is 10.9. The van der Waals surface area contributed by atoms with Crippen LogP contribution in [0.3, 0.4) is 0 Å². The van der Waals surface area contributed by atoms with Gasteiger partial charge in [-0.15, -0.1) is 0 Å². The summed E-state index contributed by atoms with van der Waals surface area (Å²) in [4.78, 5) is 11.2. The monoisotopic (exact) mass is 215 g/mol.